The highest BCUT2D eigenvalue weighted by molar-refractivity contribution is 5.73. The average Bonchev–Trinajstić information content (AvgIpc) is 3.01. The summed E-state index contributed by atoms with van der Waals surface area (Å²) in [6.07, 6.45) is 2.19. The molecule has 144 valence electrons. The second-order valence-electron chi connectivity index (χ2n) is 6.57. The Bertz CT molecular complexity index is 526. The Balaban J connectivity index is 0.000000381. The fourth-order valence-corrected chi connectivity index (χ4v) is 2.72. The highest BCUT2D eigenvalue weighted by atomic mass is 19.4. The molecule has 0 aromatic carbocycles. The molecule has 1 aromatic rings. The molecule has 1 atom stereocenters. The van der Waals surface area contributed by atoms with Crippen LogP contribution in [0.3, 0.4) is 0 Å². The van der Waals surface area contributed by atoms with Crippen molar-refractivity contribution < 1.29 is 23.1 Å². The fraction of sp³-hybridized carbons (Fsp3) is 0.750. The molecule has 1 aromatic heterocycles. The largest absolute Gasteiger partial charge is 0.490 e. The van der Waals surface area contributed by atoms with Gasteiger partial charge in [0.2, 0.25) is 0 Å². The number of H-pyrrole nitrogens is 1. The van der Waals surface area contributed by atoms with E-state index in [1.54, 1.807) is 0 Å². The number of nitrogens with two attached hydrogens (primary N) is 1. The molecule has 2 rings (SSSR count). The zero-order chi connectivity index (χ0) is 19.0. The van der Waals surface area contributed by atoms with Crippen molar-refractivity contribution in [2.75, 3.05) is 6.54 Å². The summed E-state index contributed by atoms with van der Waals surface area (Å²) in [4.78, 5) is 8.90. The maximum atomic E-state index is 10.6. The van der Waals surface area contributed by atoms with Gasteiger partial charge in [0.15, 0.2) is 0 Å². The molecule has 0 amide bonds. The molecular formula is C16H27F3N4O2. The van der Waals surface area contributed by atoms with E-state index >= 15 is 0 Å². The molecule has 25 heavy (non-hydrogen) atoms. The summed E-state index contributed by atoms with van der Waals surface area (Å²) in [5.41, 5.74) is 8.21. The number of aromatic nitrogens is 2. The van der Waals surface area contributed by atoms with Gasteiger partial charge in [-0.05, 0) is 25.7 Å². The molecule has 0 saturated heterocycles. The van der Waals surface area contributed by atoms with Crippen molar-refractivity contribution in [1.82, 2.24) is 15.5 Å². The molecule has 1 aliphatic rings. The number of aliphatic carboxylic acids is 1. The Morgan fingerprint density at radius 2 is 2.00 bits per heavy atom. The molecule has 0 bridgehead atoms. The van der Waals surface area contributed by atoms with Crippen molar-refractivity contribution in [3.05, 3.63) is 17.5 Å². The van der Waals surface area contributed by atoms with E-state index in [1.165, 1.54) is 36.9 Å². The first kappa shape index (κ1) is 21.4. The molecule has 1 aliphatic carbocycles. The normalized spacial score (nSPS) is 22.0. The molecule has 9 heteroatoms. The maximum absolute atomic E-state index is 10.6. The lowest BCUT2D eigenvalue weighted by Crippen LogP contribution is -2.32. The summed E-state index contributed by atoms with van der Waals surface area (Å²) in [5.74, 6) is -1.22. The fourth-order valence-electron chi connectivity index (χ4n) is 2.72. The summed E-state index contributed by atoms with van der Waals surface area (Å²) < 4.78 is 31.7. The van der Waals surface area contributed by atoms with Gasteiger partial charge in [0.1, 0.15) is 0 Å². The van der Waals surface area contributed by atoms with Crippen LogP contribution in [0.1, 0.15) is 56.7 Å². The number of carboxylic acid groups (broad SMARTS) is 1. The minimum absolute atomic E-state index is 0.360. The SMILES string of the molecule is CC1CCC(c2n[nH]cc2CNC(C)CN)CC1.O=C(O)C(F)(F)F. The van der Waals surface area contributed by atoms with Gasteiger partial charge < -0.3 is 16.2 Å². The van der Waals surface area contributed by atoms with Gasteiger partial charge in [0.25, 0.3) is 0 Å². The molecule has 1 heterocycles. The quantitative estimate of drug-likeness (QED) is 0.643. The Kier molecular flexibility index (Phi) is 8.37. The second-order valence-corrected chi connectivity index (χ2v) is 6.57. The summed E-state index contributed by atoms with van der Waals surface area (Å²) in [7, 11) is 0. The van der Waals surface area contributed by atoms with E-state index < -0.39 is 12.1 Å². The first-order valence-corrected chi connectivity index (χ1v) is 8.41. The number of nitrogens with one attached hydrogen (secondary N) is 2. The van der Waals surface area contributed by atoms with Crippen molar-refractivity contribution in [1.29, 1.82) is 0 Å². The highest BCUT2D eigenvalue weighted by Gasteiger charge is 2.38. The van der Waals surface area contributed by atoms with Crippen LogP contribution in [0.2, 0.25) is 0 Å². The van der Waals surface area contributed by atoms with Gasteiger partial charge in [0, 0.05) is 36.8 Å². The number of carboxylic acids is 1. The monoisotopic (exact) mass is 364 g/mol. The van der Waals surface area contributed by atoms with Crippen LogP contribution in [0.4, 0.5) is 13.2 Å². The van der Waals surface area contributed by atoms with E-state index in [2.05, 4.69) is 29.4 Å². The third kappa shape index (κ3) is 7.43. The Labute approximate surface area is 145 Å². The molecule has 6 nitrogen and oxygen atoms in total. The zero-order valence-electron chi connectivity index (χ0n) is 14.6. The summed E-state index contributed by atoms with van der Waals surface area (Å²) >= 11 is 0. The van der Waals surface area contributed by atoms with Crippen LogP contribution in [0, 0.1) is 5.92 Å². The molecule has 0 spiro atoms. The lowest BCUT2D eigenvalue weighted by atomic mass is 9.80. The first-order valence-electron chi connectivity index (χ1n) is 8.41. The number of aromatic amines is 1. The van der Waals surface area contributed by atoms with Gasteiger partial charge in [-0.1, -0.05) is 19.8 Å². The average molecular weight is 364 g/mol. The van der Waals surface area contributed by atoms with E-state index in [9.17, 15) is 13.2 Å². The molecule has 5 N–H and O–H groups in total. The zero-order valence-corrected chi connectivity index (χ0v) is 14.6. The number of nitrogens with zero attached hydrogens (tertiary/aromatic N) is 1. The van der Waals surface area contributed by atoms with E-state index in [-0.39, 0.29) is 0 Å². The summed E-state index contributed by atoms with van der Waals surface area (Å²) in [6.45, 7) is 6.01. The number of rotatable bonds is 5. The third-order valence-corrected chi connectivity index (χ3v) is 4.39. The van der Waals surface area contributed by atoms with Gasteiger partial charge in [-0.3, -0.25) is 5.10 Å². The topological polar surface area (TPSA) is 104 Å². The molecule has 0 aliphatic heterocycles. The van der Waals surface area contributed by atoms with Crippen LogP contribution in [-0.4, -0.2) is 40.0 Å². The Morgan fingerprint density at radius 1 is 1.44 bits per heavy atom. The molecule has 1 fully saturated rings. The van der Waals surface area contributed by atoms with Crippen LogP contribution in [0.25, 0.3) is 0 Å². The van der Waals surface area contributed by atoms with Crippen LogP contribution in [-0.2, 0) is 11.3 Å². The molecule has 0 radical (unpaired) electrons. The van der Waals surface area contributed by atoms with Crippen molar-refractivity contribution in [2.45, 2.75) is 64.2 Å². The number of carbonyl (C=O) groups is 1. The van der Waals surface area contributed by atoms with Crippen molar-refractivity contribution in [2.24, 2.45) is 11.7 Å². The van der Waals surface area contributed by atoms with E-state index in [1.807, 2.05) is 6.20 Å². The minimum atomic E-state index is -5.08. The van der Waals surface area contributed by atoms with Crippen molar-refractivity contribution in [3.63, 3.8) is 0 Å². The summed E-state index contributed by atoms with van der Waals surface area (Å²) in [5, 5.41) is 18.1. The van der Waals surface area contributed by atoms with Gasteiger partial charge in [-0.25, -0.2) is 4.79 Å². The lowest BCUT2D eigenvalue weighted by molar-refractivity contribution is -0.192. The van der Waals surface area contributed by atoms with Gasteiger partial charge in [-0.15, -0.1) is 0 Å². The highest BCUT2D eigenvalue weighted by Crippen LogP contribution is 2.35. The van der Waals surface area contributed by atoms with E-state index in [4.69, 9.17) is 15.6 Å². The number of halogens is 3. The lowest BCUT2D eigenvalue weighted by Gasteiger charge is -2.25. The van der Waals surface area contributed by atoms with Crippen molar-refractivity contribution in [3.8, 4) is 0 Å². The second kappa shape index (κ2) is 9.76. The Morgan fingerprint density at radius 3 is 2.48 bits per heavy atom. The van der Waals surface area contributed by atoms with Crippen LogP contribution >= 0.6 is 0 Å². The number of hydrogen-bond acceptors (Lipinski definition) is 4. The molecular weight excluding hydrogens is 337 g/mol. The van der Waals surface area contributed by atoms with Crippen LogP contribution < -0.4 is 11.1 Å². The molecule has 1 saturated carbocycles. The molecule has 1 unspecified atom stereocenters. The third-order valence-electron chi connectivity index (χ3n) is 4.39. The standard InChI is InChI=1S/C14H26N4.C2HF3O2/c1-10-3-5-12(6-4-10)14-13(9-17-18-14)8-16-11(2)7-15;3-2(4,5)1(6)7/h9-12,16H,3-8,15H2,1-2H3,(H,17,18);(H,6,7). The first-order chi connectivity index (χ1) is 11.6. The van der Waals surface area contributed by atoms with Crippen LogP contribution in [0.15, 0.2) is 6.20 Å². The smallest absolute Gasteiger partial charge is 0.475 e. The maximum Gasteiger partial charge on any atom is 0.490 e. The number of alkyl halides is 3. The van der Waals surface area contributed by atoms with Gasteiger partial charge in [0.05, 0.1) is 5.69 Å². The minimum Gasteiger partial charge on any atom is -0.475 e. The van der Waals surface area contributed by atoms with Crippen molar-refractivity contribution >= 4 is 5.97 Å². The van der Waals surface area contributed by atoms with E-state index in [0.29, 0.717) is 18.5 Å². The van der Waals surface area contributed by atoms with Gasteiger partial charge in [-0.2, -0.15) is 18.3 Å². The van der Waals surface area contributed by atoms with Crippen LogP contribution in [0.5, 0.6) is 0 Å². The Hall–Kier alpha value is -1.61. The predicted molar refractivity (Wildman–Crippen MR) is 88.0 cm³/mol. The number of hydrogen-bond donors (Lipinski definition) is 4. The van der Waals surface area contributed by atoms with Gasteiger partial charge >= 0.3 is 12.1 Å². The predicted octanol–water partition coefficient (Wildman–Crippen LogP) is 2.77. The van der Waals surface area contributed by atoms with E-state index in [0.717, 1.165) is 12.5 Å². The summed E-state index contributed by atoms with van der Waals surface area (Å²) in [6, 6.07) is 0.360.